The van der Waals surface area contributed by atoms with Crippen molar-refractivity contribution in [1.82, 2.24) is 29.6 Å². The van der Waals surface area contributed by atoms with Crippen LogP contribution in [0.2, 0.25) is 0 Å². The molecule has 4 heterocycles. The number of pyridine rings is 1. The fraction of sp³-hybridized carbons (Fsp3) is 0.407. The van der Waals surface area contributed by atoms with E-state index in [1.165, 1.54) is 11.1 Å². The average molecular weight is 472 g/mol. The maximum Gasteiger partial charge on any atom is 0.278 e. The fourth-order valence-corrected chi connectivity index (χ4v) is 4.79. The van der Waals surface area contributed by atoms with Crippen molar-refractivity contribution in [3.8, 4) is 5.82 Å². The van der Waals surface area contributed by atoms with Crippen LogP contribution in [0.3, 0.4) is 0 Å². The molecule has 0 amide bonds. The van der Waals surface area contributed by atoms with E-state index >= 15 is 0 Å². The molecule has 0 saturated heterocycles. The average Bonchev–Trinajstić information content (AvgIpc) is 3.09. The molecule has 1 aromatic carbocycles. The van der Waals surface area contributed by atoms with Crippen molar-refractivity contribution in [3.63, 3.8) is 0 Å². The summed E-state index contributed by atoms with van der Waals surface area (Å²) in [5.74, 6) is 1.11. The number of benzene rings is 1. The van der Waals surface area contributed by atoms with Crippen LogP contribution in [-0.2, 0) is 23.9 Å². The SMILES string of the molecule is CCn1c(=O)c2cnc(Nc3ccc4c(c3)CCNC4(C)C)nc2n1-c1cccc(C(C)(C)C)n1. The van der Waals surface area contributed by atoms with Gasteiger partial charge >= 0.3 is 0 Å². The van der Waals surface area contributed by atoms with Crippen LogP contribution in [0, 0.1) is 0 Å². The van der Waals surface area contributed by atoms with Crippen LogP contribution >= 0.6 is 0 Å². The molecule has 35 heavy (non-hydrogen) atoms. The van der Waals surface area contributed by atoms with Crippen LogP contribution in [0.4, 0.5) is 11.6 Å². The van der Waals surface area contributed by atoms with Gasteiger partial charge in [0.05, 0.1) is 0 Å². The summed E-state index contributed by atoms with van der Waals surface area (Å²) >= 11 is 0. The molecule has 0 fully saturated rings. The highest BCUT2D eigenvalue weighted by Gasteiger charge is 2.27. The maximum atomic E-state index is 13.1. The monoisotopic (exact) mass is 471 g/mol. The first kappa shape index (κ1) is 23.2. The lowest BCUT2D eigenvalue weighted by Crippen LogP contribution is -2.42. The predicted molar refractivity (Wildman–Crippen MR) is 140 cm³/mol. The molecule has 1 aliphatic rings. The normalized spacial score (nSPS) is 15.3. The second-order valence-electron chi connectivity index (χ2n) is 10.7. The van der Waals surface area contributed by atoms with Crippen molar-refractivity contribution in [3.05, 3.63) is 69.8 Å². The zero-order valence-electron chi connectivity index (χ0n) is 21.3. The minimum absolute atomic E-state index is 0.0464. The van der Waals surface area contributed by atoms with E-state index in [1.54, 1.807) is 15.6 Å². The fourth-order valence-electron chi connectivity index (χ4n) is 4.79. The summed E-state index contributed by atoms with van der Waals surface area (Å²) in [6.07, 6.45) is 2.58. The minimum Gasteiger partial charge on any atom is -0.324 e. The van der Waals surface area contributed by atoms with Crippen molar-refractivity contribution >= 4 is 22.7 Å². The molecule has 0 aliphatic carbocycles. The van der Waals surface area contributed by atoms with E-state index in [9.17, 15) is 4.79 Å². The Hall–Kier alpha value is -3.52. The van der Waals surface area contributed by atoms with Gasteiger partial charge in [-0.2, -0.15) is 4.98 Å². The van der Waals surface area contributed by atoms with Crippen molar-refractivity contribution in [2.45, 2.75) is 65.5 Å². The number of fused-ring (bicyclic) bond motifs is 2. The first-order valence-corrected chi connectivity index (χ1v) is 12.2. The van der Waals surface area contributed by atoms with Gasteiger partial charge in [-0.15, -0.1) is 0 Å². The van der Waals surface area contributed by atoms with E-state index < -0.39 is 0 Å². The van der Waals surface area contributed by atoms with E-state index in [1.807, 2.05) is 25.1 Å². The number of nitrogens with one attached hydrogen (secondary N) is 2. The van der Waals surface area contributed by atoms with Gasteiger partial charge in [-0.1, -0.05) is 32.9 Å². The number of hydrogen-bond acceptors (Lipinski definition) is 6. The highest BCUT2D eigenvalue weighted by molar-refractivity contribution is 5.77. The summed E-state index contributed by atoms with van der Waals surface area (Å²) in [6, 6.07) is 12.3. The summed E-state index contributed by atoms with van der Waals surface area (Å²) in [5.41, 5.74) is 4.76. The number of nitrogens with zero attached hydrogens (tertiary/aromatic N) is 5. The zero-order chi connectivity index (χ0) is 25.0. The molecule has 0 spiro atoms. The molecular weight excluding hydrogens is 438 g/mol. The van der Waals surface area contributed by atoms with Crippen LogP contribution in [-0.4, -0.2) is 30.9 Å². The summed E-state index contributed by atoms with van der Waals surface area (Å²) in [7, 11) is 0. The van der Waals surface area contributed by atoms with Gasteiger partial charge in [0.1, 0.15) is 5.39 Å². The standard InChI is InChI=1S/C27H33N7O/c1-7-33-24(35)19-16-28-25(30-18-11-12-20-17(15-18)13-14-29-27(20,5)6)32-23(19)34(33)22-10-8-9-21(31-22)26(2,3)4/h8-12,15-16,29H,7,13-14H2,1-6H3,(H,28,30,32). The molecule has 5 rings (SSSR count). The summed E-state index contributed by atoms with van der Waals surface area (Å²) in [4.78, 5) is 27.3. The Bertz CT molecular complexity index is 1470. The molecule has 0 saturated carbocycles. The van der Waals surface area contributed by atoms with Gasteiger partial charge < -0.3 is 10.6 Å². The molecule has 0 radical (unpaired) electrons. The van der Waals surface area contributed by atoms with Crippen LogP contribution in [0.5, 0.6) is 0 Å². The Balaban J connectivity index is 1.59. The van der Waals surface area contributed by atoms with Gasteiger partial charge in [-0.05, 0) is 69.1 Å². The molecule has 0 atom stereocenters. The van der Waals surface area contributed by atoms with Gasteiger partial charge in [-0.25, -0.2) is 19.3 Å². The second-order valence-corrected chi connectivity index (χ2v) is 10.7. The van der Waals surface area contributed by atoms with Gasteiger partial charge in [-0.3, -0.25) is 4.79 Å². The summed E-state index contributed by atoms with van der Waals surface area (Å²) in [6.45, 7) is 14.2. The molecule has 0 bridgehead atoms. The summed E-state index contributed by atoms with van der Waals surface area (Å²) < 4.78 is 3.46. The molecule has 3 aromatic heterocycles. The largest absolute Gasteiger partial charge is 0.324 e. The molecule has 0 unspecified atom stereocenters. The Morgan fingerprint density at radius 1 is 1.14 bits per heavy atom. The van der Waals surface area contributed by atoms with Crippen LogP contribution in [0.25, 0.3) is 16.9 Å². The molecule has 8 nitrogen and oxygen atoms in total. The highest BCUT2D eigenvalue weighted by atomic mass is 16.1. The lowest BCUT2D eigenvalue weighted by atomic mass is 9.85. The predicted octanol–water partition coefficient (Wildman–Crippen LogP) is 4.42. The molecule has 2 N–H and O–H groups in total. The molecule has 8 heteroatoms. The quantitative estimate of drug-likeness (QED) is 0.458. The minimum atomic E-state index is -0.125. The van der Waals surface area contributed by atoms with Crippen LogP contribution < -0.4 is 16.2 Å². The third-order valence-corrected chi connectivity index (χ3v) is 6.69. The van der Waals surface area contributed by atoms with Gasteiger partial charge in [0.2, 0.25) is 5.95 Å². The lowest BCUT2D eigenvalue weighted by Gasteiger charge is -2.34. The molecule has 182 valence electrons. The number of anilines is 2. The van der Waals surface area contributed by atoms with E-state index in [0.29, 0.717) is 29.3 Å². The maximum absolute atomic E-state index is 13.1. The van der Waals surface area contributed by atoms with Crippen LogP contribution in [0.1, 0.15) is 58.4 Å². The first-order chi connectivity index (χ1) is 16.6. The third-order valence-electron chi connectivity index (χ3n) is 6.69. The Morgan fingerprint density at radius 2 is 1.94 bits per heavy atom. The van der Waals surface area contributed by atoms with Crippen molar-refractivity contribution in [2.75, 3.05) is 11.9 Å². The topological polar surface area (TPSA) is 89.7 Å². The van der Waals surface area contributed by atoms with Gasteiger partial charge in [0.15, 0.2) is 11.5 Å². The smallest absolute Gasteiger partial charge is 0.278 e. The van der Waals surface area contributed by atoms with Gasteiger partial charge in [0.25, 0.3) is 5.56 Å². The molecule has 1 aliphatic heterocycles. The zero-order valence-corrected chi connectivity index (χ0v) is 21.3. The lowest BCUT2D eigenvalue weighted by molar-refractivity contribution is 0.382. The first-order valence-electron chi connectivity index (χ1n) is 12.2. The Kier molecular flexibility index (Phi) is 5.51. The molecular formula is C27H33N7O. The van der Waals surface area contributed by atoms with E-state index in [4.69, 9.17) is 9.97 Å². The number of aromatic nitrogens is 5. The third kappa shape index (κ3) is 4.12. The van der Waals surface area contributed by atoms with E-state index in [2.05, 4.69) is 68.4 Å². The Morgan fingerprint density at radius 3 is 2.69 bits per heavy atom. The summed E-state index contributed by atoms with van der Waals surface area (Å²) in [5, 5.41) is 7.38. The van der Waals surface area contributed by atoms with E-state index in [-0.39, 0.29) is 16.5 Å². The van der Waals surface area contributed by atoms with Crippen molar-refractivity contribution < 1.29 is 0 Å². The second kappa shape index (κ2) is 8.30. The van der Waals surface area contributed by atoms with Gasteiger partial charge in [0, 0.05) is 35.1 Å². The van der Waals surface area contributed by atoms with Crippen LogP contribution in [0.15, 0.2) is 47.4 Å². The van der Waals surface area contributed by atoms with Crippen molar-refractivity contribution in [2.24, 2.45) is 0 Å². The van der Waals surface area contributed by atoms with Crippen molar-refractivity contribution in [1.29, 1.82) is 0 Å². The highest BCUT2D eigenvalue weighted by Crippen LogP contribution is 2.31. The van der Waals surface area contributed by atoms with E-state index in [0.717, 1.165) is 24.3 Å². The number of hydrogen-bond donors (Lipinski definition) is 2. The molecule has 4 aromatic rings. The number of rotatable bonds is 4. The Labute approximate surface area is 205 Å².